The largest absolute Gasteiger partial charge is 0.370 e. The fourth-order valence-corrected chi connectivity index (χ4v) is 2.35. The van der Waals surface area contributed by atoms with E-state index in [-0.39, 0.29) is 11.7 Å². The van der Waals surface area contributed by atoms with E-state index in [4.69, 9.17) is 0 Å². The first-order valence-corrected chi connectivity index (χ1v) is 8.42. The van der Waals surface area contributed by atoms with Crippen molar-refractivity contribution in [2.24, 2.45) is 0 Å². The number of anilines is 1. The van der Waals surface area contributed by atoms with E-state index in [1.165, 1.54) is 12.1 Å². The number of hydrogen-bond donors (Lipinski definition) is 2. The lowest BCUT2D eigenvalue weighted by Gasteiger charge is -2.11. The van der Waals surface area contributed by atoms with Crippen molar-refractivity contribution < 1.29 is 9.18 Å². The van der Waals surface area contributed by atoms with Gasteiger partial charge < -0.3 is 15.5 Å². The van der Waals surface area contributed by atoms with E-state index >= 15 is 0 Å². The lowest BCUT2D eigenvalue weighted by molar-refractivity contribution is 0.0954. The summed E-state index contributed by atoms with van der Waals surface area (Å²) in [5.74, 6) is 0.306. The summed E-state index contributed by atoms with van der Waals surface area (Å²) >= 11 is 0. The van der Waals surface area contributed by atoms with Crippen molar-refractivity contribution in [2.75, 3.05) is 39.0 Å². The molecule has 25 heavy (non-hydrogen) atoms. The molecule has 1 aromatic heterocycles. The second kappa shape index (κ2) is 9.74. The molecule has 134 valence electrons. The molecule has 2 aromatic rings. The van der Waals surface area contributed by atoms with Gasteiger partial charge in [-0.1, -0.05) is 12.1 Å². The number of halogens is 1. The Kier molecular flexibility index (Phi) is 7.35. The Morgan fingerprint density at radius 3 is 2.64 bits per heavy atom. The zero-order chi connectivity index (χ0) is 18.1. The van der Waals surface area contributed by atoms with Crippen LogP contribution in [0.25, 0.3) is 0 Å². The van der Waals surface area contributed by atoms with Gasteiger partial charge in [-0.3, -0.25) is 4.79 Å². The molecule has 0 aliphatic carbocycles. The van der Waals surface area contributed by atoms with E-state index in [9.17, 15) is 9.18 Å². The SMILES string of the molecule is CN(C)CCCNc1cc(C(=O)NCCc2ccc(F)cc2)ccn1. The van der Waals surface area contributed by atoms with Crippen molar-refractivity contribution in [3.8, 4) is 0 Å². The number of nitrogens with zero attached hydrogens (tertiary/aromatic N) is 2. The van der Waals surface area contributed by atoms with Crippen LogP contribution in [0.4, 0.5) is 10.2 Å². The van der Waals surface area contributed by atoms with Crippen LogP contribution >= 0.6 is 0 Å². The highest BCUT2D eigenvalue weighted by Crippen LogP contribution is 2.07. The number of nitrogens with one attached hydrogen (secondary N) is 2. The van der Waals surface area contributed by atoms with Crippen LogP contribution in [0.1, 0.15) is 22.3 Å². The van der Waals surface area contributed by atoms with E-state index in [1.54, 1.807) is 30.5 Å². The molecule has 0 atom stereocenters. The Labute approximate surface area is 148 Å². The first-order valence-electron chi connectivity index (χ1n) is 8.42. The molecule has 1 aromatic carbocycles. The van der Waals surface area contributed by atoms with Gasteiger partial charge in [-0.25, -0.2) is 9.37 Å². The standard InChI is InChI=1S/C19H25FN4O/c1-24(2)13-3-10-21-18-14-16(9-12-22-18)19(25)23-11-8-15-4-6-17(20)7-5-15/h4-7,9,12,14H,3,8,10-11,13H2,1-2H3,(H,21,22)(H,23,25). The van der Waals surface area contributed by atoms with Crippen LogP contribution < -0.4 is 10.6 Å². The van der Waals surface area contributed by atoms with E-state index in [1.807, 2.05) is 14.1 Å². The molecule has 0 fully saturated rings. The summed E-state index contributed by atoms with van der Waals surface area (Å²) in [5.41, 5.74) is 1.56. The first kappa shape index (κ1) is 18.9. The van der Waals surface area contributed by atoms with Gasteiger partial charge in [0.05, 0.1) is 0 Å². The molecular weight excluding hydrogens is 319 g/mol. The lowest BCUT2D eigenvalue weighted by Crippen LogP contribution is -2.25. The maximum atomic E-state index is 12.9. The Morgan fingerprint density at radius 1 is 1.16 bits per heavy atom. The van der Waals surface area contributed by atoms with Gasteiger partial charge in [-0.05, 0) is 63.3 Å². The molecule has 5 nitrogen and oxygen atoms in total. The molecule has 1 amide bonds. The fourth-order valence-electron chi connectivity index (χ4n) is 2.35. The number of carbonyl (C=O) groups excluding carboxylic acids is 1. The highest BCUT2D eigenvalue weighted by molar-refractivity contribution is 5.94. The number of hydrogen-bond acceptors (Lipinski definition) is 4. The molecule has 0 saturated carbocycles. The Morgan fingerprint density at radius 2 is 1.92 bits per heavy atom. The van der Waals surface area contributed by atoms with E-state index in [0.29, 0.717) is 24.3 Å². The van der Waals surface area contributed by atoms with E-state index in [0.717, 1.165) is 25.1 Å². The molecule has 1 heterocycles. The molecule has 6 heteroatoms. The number of rotatable bonds is 9. The monoisotopic (exact) mass is 344 g/mol. The number of aromatic nitrogens is 1. The van der Waals surface area contributed by atoms with Gasteiger partial charge in [0, 0.05) is 24.8 Å². The summed E-state index contributed by atoms with van der Waals surface area (Å²) in [6, 6.07) is 9.75. The fraction of sp³-hybridized carbons (Fsp3) is 0.368. The van der Waals surface area contributed by atoms with Crippen molar-refractivity contribution >= 4 is 11.7 Å². The minimum absolute atomic E-state index is 0.138. The van der Waals surface area contributed by atoms with Crippen LogP contribution in [0.3, 0.4) is 0 Å². The minimum Gasteiger partial charge on any atom is -0.370 e. The maximum Gasteiger partial charge on any atom is 0.251 e. The van der Waals surface area contributed by atoms with Crippen LogP contribution in [0, 0.1) is 5.82 Å². The number of amides is 1. The van der Waals surface area contributed by atoms with Gasteiger partial charge in [0.25, 0.3) is 5.91 Å². The molecule has 0 aliphatic rings. The zero-order valence-electron chi connectivity index (χ0n) is 14.8. The van der Waals surface area contributed by atoms with Crippen LogP contribution in [0.2, 0.25) is 0 Å². The van der Waals surface area contributed by atoms with Gasteiger partial charge in [0.1, 0.15) is 11.6 Å². The third-order valence-electron chi connectivity index (χ3n) is 3.72. The predicted octanol–water partition coefficient (Wildman–Crippen LogP) is 2.56. The average molecular weight is 344 g/mol. The lowest BCUT2D eigenvalue weighted by atomic mass is 10.1. The average Bonchev–Trinajstić information content (AvgIpc) is 2.60. The van der Waals surface area contributed by atoms with Gasteiger partial charge in [-0.15, -0.1) is 0 Å². The van der Waals surface area contributed by atoms with Gasteiger partial charge in [-0.2, -0.15) is 0 Å². The minimum atomic E-state index is -0.254. The van der Waals surface area contributed by atoms with Crippen molar-refractivity contribution in [2.45, 2.75) is 12.8 Å². The molecule has 0 saturated heterocycles. The Balaban J connectivity index is 1.78. The number of benzene rings is 1. The second-order valence-corrected chi connectivity index (χ2v) is 6.15. The summed E-state index contributed by atoms with van der Waals surface area (Å²) in [6.45, 7) is 2.30. The second-order valence-electron chi connectivity index (χ2n) is 6.15. The van der Waals surface area contributed by atoms with Crippen LogP contribution in [-0.4, -0.2) is 49.5 Å². The molecular formula is C19H25FN4O. The van der Waals surface area contributed by atoms with Crippen molar-refractivity contribution in [1.29, 1.82) is 0 Å². The highest BCUT2D eigenvalue weighted by atomic mass is 19.1. The van der Waals surface area contributed by atoms with E-state index < -0.39 is 0 Å². The Bertz CT molecular complexity index is 673. The van der Waals surface area contributed by atoms with Crippen molar-refractivity contribution in [1.82, 2.24) is 15.2 Å². The smallest absolute Gasteiger partial charge is 0.251 e. The normalized spacial score (nSPS) is 10.7. The number of pyridine rings is 1. The molecule has 2 rings (SSSR count). The summed E-state index contributed by atoms with van der Waals surface area (Å²) < 4.78 is 12.9. The summed E-state index contributed by atoms with van der Waals surface area (Å²) in [4.78, 5) is 18.6. The maximum absolute atomic E-state index is 12.9. The van der Waals surface area contributed by atoms with Crippen molar-refractivity contribution in [3.63, 3.8) is 0 Å². The van der Waals surface area contributed by atoms with Gasteiger partial charge in [0.15, 0.2) is 0 Å². The molecule has 0 unspecified atom stereocenters. The summed E-state index contributed by atoms with van der Waals surface area (Å²) in [6.07, 6.45) is 3.29. The predicted molar refractivity (Wildman–Crippen MR) is 98.3 cm³/mol. The molecule has 0 spiro atoms. The molecule has 0 aliphatic heterocycles. The molecule has 0 bridgehead atoms. The van der Waals surface area contributed by atoms with Gasteiger partial charge in [0.2, 0.25) is 0 Å². The third-order valence-corrected chi connectivity index (χ3v) is 3.72. The molecule has 0 radical (unpaired) electrons. The Hall–Kier alpha value is -2.47. The van der Waals surface area contributed by atoms with Crippen molar-refractivity contribution in [3.05, 3.63) is 59.5 Å². The topological polar surface area (TPSA) is 57.3 Å². The zero-order valence-corrected chi connectivity index (χ0v) is 14.8. The van der Waals surface area contributed by atoms with Crippen LogP contribution in [0.15, 0.2) is 42.6 Å². The highest BCUT2D eigenvalue weighted by Gasteiger charge is 2.06. The van der Waals surface area contributed by atoms with Crippen LogP contribution in [-0.2, 0) is 6.42 Å². The van der Waals surface area contributed by atoms with Crippen LogP contribution in [0.5, 0.6) is 0 Å². The summed E-state index contributed by atoms with van der Waals surface area (Å²) in [5, 5.41) is 6.11. The molecule has 2 N–H and O–H groups in total. The quantitative estimate of drug-likeness (QED) is 0.687. The first-order chi connectivity index (χ1) is 12.0. The number of carbonyl (C=O) groups is 1. The summed E-state index contributed by atoms with van der Waals surface area (Å²) in [7, 11) is 4.07. The third kappa shape index (κ3) is 6.89. The van der Waals surface area contributed by atoms with E-state index in [2.05, 4.69) is 20.5 Å². The van der Waals surface area contributed by atoms with Gasteiger partial charge >= 0.3 is 0 Å².